The van der Waals surface area contributed by atoms with Crippen LogP contribution in [0, 0.1) is 0 Å². The summed E-state index contributed by atoms with van der Waals surface area (Å²) in [5, 5.41) is 4.52. The Balaban J connectivity index is 1.39. The molecule has 0 spiro atoms. The van der Waals surface area contributed by atoms with E-state index >= 15 is 0 Å². The molecule has 1 fully saturated rings. The van der Waals surface area contributed by atoms with E-state index in [2.05, 4.69) is 15.0 Å². The molecule has 0 bridgehead atoms. The highest BCUT2D eigenvalue weighted by molar-refractivity contribution is 5.36. The molecule has 2 aromatic carbocycles. The number of hydrogen-bond acceptors (Lipinski definition) is 4. The van der Waals surface area contributed by atoms with Gasteiger partial charge < -0.3 is 9.64 Å². The molecule has 1 aliphatic rings. The van der Waals surface area contributed by atoms with Gasteiger partial charge in [-0.15, -0.1) is 5.10 Å². The summed E-state index contributed by atoms with van der Waals surface area (Å²) in [5.41, 5.74) is 0.619. The molecule has 32 heavy (non-hydrogen) atoms. The first-order valence-electron chi connectivity index (χ1n) is 10.6. The van der Waals surface area contributed by atoms with E-state index in [4.69, 9.17) is 4.74 Å². The number of hydrogen-bond donors (Lipinski definition) is 1. The van der Waals surface area contributed by atoms with Crippen LogP contribution in [-0.4, -0.2) is 46.4 Å². The smallest absolute Gasteiger partial charge is 0.416 e. The Morgan fingerprint density at radius 2 is 1.84 bits per heavy atom. The number of alkyl halides is 3. The Morgan fingerprint density at radius 3 is 2.50 bits per heavy atom. The highest BCUT2D eigenvalue weighted by Crippen LogP contribution is 2.29. The summed E-state index contributed by atoms with van der Waals surface area (Å²) in [4.78, 5) is 17.6. The van der Waals surface area contributed by atoms with Crippen molar-refractivity contribution >= 4 is 0 Å². The van der Waals surface area contributed by atoms with Gasteiger partial charge in [0.1, 0.15) is 11.6 Å². The Bertz CT molecular complexity index is 1090. The Labute approximate surface area is 183 Å². The van der Waals surface area contributed by atoms with Crippen molar-refractivity contribution in [2.45, 2.75) is 31.4 Å². The highest BCUT2D eigenvalue weighted by Gasteiger charge is 2.30. The number of halogens is 3. The fraction of sp³-hybridized carbons (Fsp3) is 0.391. The van der Waals surface area contributed by atoms with Crippen LogP contribution in [0.1, 0.15) is 35.7 Å². The molecule has 9 heteroatoms. The summed E-state index contributed by atoms with van der Waals surface area (Å²) >= 11 is 0. The van der Waals surface area contributed by atoms with Gasteiger partial charge in [-0.05, 0) is 67.8 Å². The maximum atomic E-state index is 12.7. The average Bonchev–Trinajstić information content (AvgIpc) is 3.19. The molecular weight excluding hydrogens is 421 g/mol. The second-order valence-electron chi connectivity index (χ2n) is 8.01. The second kappa shape index (κ2) is 9.20. The van der Waals surface area contributed by atoms with Gasteiger partial charge in [-0.3, -0.25) is 4.98 Å². The van der Waals surface area contributed by atoms with Crippen LogP contribution in [0.4, 0.5) is 13.2 Å². The van der Waals surface area contributed by atoms with Gasteiger partial charge in [0.05, 0.1) is 18.4 Å². The lowest BCUT2D eigenvalue weighted by atomic mass is 9.97. The molecule has 1 unspecified atom stereocenters. The minimum absolute atomic E-state index is 0.101. The number of nitrogens with one attached hydrogen (secondary N) is 1. The third-order valence-corrected chi connectivity index (χ3v) is 5.84. The van der Waals surface area contributed by atoms with Crippen LogP contribution in [0.25, 0.3) is 5.69 Å². The summed E-state index contributed by atoms with van der Waals surface area (Å²) in [7, 11) is 1.58. The number of rotatable bonds is 6. The van der Waals surface area contributed by atoms with Gasteiger partial charge in [-0.1, -0.05) is 12.1 Å². The van der Waals surface area contributed by atoms with Crippen molar-refractivity contribution in [1.82, 2.24) is 19.7 Å². The standard InChI is InChI=1S/C23H25F3N4O2/c1-32-20-10-8-19(9-11-20)30-22(31)27-21(28-30)17-3-2-13-29(15-17)14-12-16-4-6-18(7-5-16)23(24,25)26/h4-11,17H,2-3,12-15H2,1H3,(H,27,28,31). The van der Waals surface area contributed by atoms with E-state index in [1.54, 1.807) is 31.4 Å². The number of likely N-dealkylation sites (tertiary alicyclic amines) is 1. The number of benzene rings is 2. The maximum Gasteiger partial charge on any atom is 0.416 e. The molecule has 1 aliphatic heterocycles. The van der Waals surface area contributed by atoms with Gasteiger partial charge in [0.2, 0.25) is 0 Å². The molecule has 0 saturated carbocycles. The molecule has 3 aromatic rings. The Morgan fingerprint density at radius 1 is 1.12 bits per heavy atom. The van der Waals surface area contributed by atoms with E-state index in [0.29, 0.717) is 23.7 Å². The number of H-pyrrole nitrogens is 1. The van der Waals surface area contributed by atoms with E-state index in [1.807, 2.05) is 0 Å². The fourth-order valence-corrected chi connectivity index (χ4v) is 4.05. The van der Waals surface area contributed by atoms with Crippen molar-refractivity contribution in [2.75, 3.05) is 26.7 Å². The van der Waals surface area contributed by atoms with E-state index in [-0.39, 0.29) is 11.6 Å². The number of ether oxygens (including phenoxy) is 1. The molecule has 6 nitrogen and oxygen atoms in total. The highest BCUT2D eigenvalue weighted by atomic mass is 19.4. The van der Waals surface area contributed by atoms with Crippen molar-refractivity contribution < 1.29 is 17.9 Å². The molecule has 170 valence electrons. The predicted octanol–water partition coefficient (Wildman–Crippen LogP) is 4.01. The summed E-state index contributed by atoms with van der Waals surface area (Å²) in [6.07, 6.45) is -1.76. The molecule has 0 aliphatic carbocycles. The molecule has 1 aromatic heterocycles. The van der Waals surface area contributed by atoms with Crippen LogP contribution >= 0.6 is 0 Å². The average molecular weight is 446 g/mol. The zero-order chi connectivity index (χ0) is 22.7. The molecule has 1 saturated heterocycles. The zero-order valence-electron chi connectivity index (χ0n) is 17.7. The maximum absolute atomic E-state index is 12.7. The molecular formula is C23H25F3N4O2. The lowest BCUT2D eigenvalue weighted by Crippen LogP contribution is -2.36. The lowest BCUT2D eigenvalue weighted by molar-refractivity contribution is -0.137. The number of aromatic nitrogens is 3. The number of piperidine rings is 1. The fourth-order valence-electron chi connectivity index (χ4n) is 4.05. The van der Waals surface area contributed by atoms with E-state index in [1.165, 1.54) is 16.8 Å². The molecule has 1 N–H and O–H groups in total. The van der Waals surface area contributed by atoms with Crippen LogP contribution in [0.15, 0.2) is 53.3 Å². The zero-order valence-corrected chi connectivity index (χ0v) is 17.7. The van der Waals surface area contributed by atoms with Crippen molar-refractivity contribution in [3.63, 3.8) is 0 Å². The van der Waals surface area contributed by atoms with Crippen molar-refractivity contribution in [3.05, 3.63) is 76.0 Å². The monoisotopic (exact) mass is 446 g/mol. The molecule has 1 atom stereocenters. The molecule has 4 rings (SSSR count). The number of methoxy groups -OCH3 is 1. The largest absolute Gasteiger partial charge is 0.497 e. The van der Waals surface area contributed by atoms with Gasteiger partial charge in [0.15, 0.2) is 0 Å². The number of nitrogens with zero attached hydrogens (tertiary/aromatic N) is 3. The SMILES string of the molecule is COc1ccc(-n2nc(C3CCCN(CCc4ccc(C(F)(F)F)cc4)C3)[nH]c2=O)cc1. The van der Waals surface area contributed by atoms with Crippen LogP contribution in [0.2, 0.25) is 0 Å². The summed E-state index contributed by atoms with van der Waals surface area (Å²) < 4.78 is 44.7. The van der Waals surface area contributed by atoms with Crippen LogP contribution in [0.3, 0.4) is 0 Å². The lowest BCUT2D eigenvalue weighted by Gasteiger charge is -2.31. The summed E-state index contributed by atoms with van der Waals surface area (Å²) in [6.45, 7) is 2.40. The van der Waals surface area contributed by atoms with Gasteiger partial charge in [-0.25, -0.2) is 4.79 Å². The van der Waals surface area contributed by atoms with Gasteiger partial charge in [0, 0.05) is 19.0 Å². The van der Waals surface area contributed by atoms with Crippen LogP contribution in [-0.2, 0) is 12.6 Å². The quantitative estimate of drug-likeness (QED) is 0.622. The molecule has 0 amide bonds. The second-order valence-corrected chi connectivity index (χ2v) is 8.01. The van der Waals surface area contributed by atoms with Crippen LogP contribution in [0.5, 0.6) is 5.75 Å². The third-order valence-electron chi connectivity index (χ3n) is 5.84. The molecule has 0 radical (unpaired) electrons. The topological polar surface area (TPSA) is 63.1 Å². The normalized spacial score (nSPS) is 17.4. The first-order chi connectivity index (χ1) is 15.3. The van der Waals surface area contributed by atoms with Gasteiger partial charge in [-0.2, -0.15) is 17.9 Å². The Kier molecular flexibility index (Phi) is 6.36. The Hall–Kier alpha value is -3.07. The van der Waals surface area contributed by atoms with Crippen molar-refractivity contribution in [3.8, 4) is 11.4 Å². The summed E-state index contributed by atoms with van der Waals surface area (Å²) in [5.74, 6) is 1.46. The van der Waals surface area contributed by atoms with Gasteiger partial charge >= 0.3 is 11.9 Å². The summed E-state index contributed by atoms with van der Waals surface area (Å²) in [6, 6.07) is 12.5. The van der Waals surface area contributed by atoms with Crippen molar-refractivity contribution in [1.29, 1.82) is 0 Å². The van der Waals surface area contributed by atoms with E-state index < -0.39 is 11.7 Å². The minimum Gasteiger partial charge on any atom is -0.497 e. The van der Waals surface area contributed by atoms with Gasteiger partial charge in [0.25, 0.3) is 0 Å². The third kappa shape index (κ3) is 5.04. The molecule has 2 heterocycles. The first-order valence-corrected chi connectivity index (χ1v) is 10.6. The van der Waals surface area contributed by atoms with E-state index in [0.717, 1.165) is 50.2 Å². The predicted molar refractivity (Wildman–Crippen MR) is 114 cm³/mol. The van der Waals surface area contributed by atoms with Crippen LogP contribution < -0.4 is 10.4 Å². The number of aromatic amines is 1. The minimum atomic E-state index is -4.31. The van der Waals surface area contributed by atoms with E-state index in [9.17, 15) is 18.0 Å². The first kappa shape index (κ1) is 22.1. The van der Waals surface area contributed by atoms with Crippen molar-refractivity contribution in [2.24, 2.45) is 0 Å².